The van der Waals surface area contributed by atoms with Crippen LogP contribution in [0, 0.1) is 0 Å². The predicted molar refractivity (Wildman–Crippen MR) is 119 cm³/mol. The predicted octanol–water partition coefficient (Wildman–Crippen LogP) is 1.94. The van der Waals surface area contributed by atoms with Crippen LogP contribution in [0.1, 0.15) is 23.8 Å². The first-order chi connectivity index (χ1) is 16.0. The summed E-state index contributed by atoms with van der Waals surface area (Å²) in [5.74, 6) is -0.0280. The summed E-state index contributed by atoms with van der Waals surface area (Å²) in [6, 6.07) is 16.9. The molecule has 0 saturated carbocycles. The highest BCUT2D eigenvalue weighted by Gasteiger charge is 2.51. The standard InChI is InChI=1S/C24H23N3O6/c28-11-24(12-29)13-33-23(17-10-8-15-4-2-6-19(31)21(15)26-17)27(24)22(32)16-9-7-14-3-1-5-18(30)20(14)25-16/h1-10,22-23,28-32H,11-13H2/t22-,23+/m1/s1. The van der Waals surface area contributed by atoms with Gasteiger partial charge in [-0.25, -0.2) is 14.9 Å². The molecule has 4 aromatic rings. The molecule has 33 heavy (non-hydrogen) atoms. The molecule has 2 aromatic heterocycles. The van der Waals surface area contributed by atoms with Gasteiger partial charge in [0.1, 0.15) is 22.5 Å². The minimum atomic E-state index is -1.40. The van der Waals surface area contributed by atoms with E-state index in [1.165, 1.54) is 17.0 Å². The Bertz CT molecular complexity index is 1330. The maximum atomic E-state index is 11.4. The number of para-hydroxylation sites is 2. The number of nitrogens with zero attached hydrogens (tertiary/aromatic N) is 3. The molecule has 9 nitrogen and oxygen atoms in total. The second kappa shape index (κ2) is 8.22. The Balaban J connectivity index is 1.61. The minimum absolute atomic E-state index is 0.00157. The average Bonchev–Trinajstić information content (AvgIpc) is 3.24. The zero-order valence-corrected chi connectivity index (χ0v) is 17.5. The number of fused-ring (bicyclic) bond motifs is 2. The summed E-state index contributed by atoms with van der Waals surface area (Å²) in [5.41, 5.74) is -0.0373. The fourth-order valence-corrected chi connectivity index (χ4v) is 4.27. The topological polar surface area (TPSA) is 139 Å². The van der Waals surface area contributed by atoms with Crippen LogP contribution in [0.4, 0.5) is 0 Å². The molecule has 1 aliphatic rings. The molecule has 170 valence electrons. The van der Waals surface area contributed by atoms with Crippen LogP contribution >= 0.6 is 0 Å². The molecule has 1 saturated heterocycles. The number of ether oxygens (including phenoxy) is 1. The van der Waals surface area contributed by atoms with E-state index in [0.29, 0.717) is 22.1 Å². The molecule has 0 unspecified atom stereocenters. The molecule has 0 aliphatic carbocycles. The number of phenolic OH excluding ortho intramolecular Hbond substituents is 2. The summed E-state index contributed by atoms with van der Waals surface area (Å²) in [5, 5.41) is 53.6. The van der Waals surface area contributed by atoms with E-state index in [0.717, 1.165) is 5.39 Å². The van der Waals surface area contributed by atoms with Crippen molar-refractivity contribution in [3.05, 3.63) is 72.1 Å². The number of hydrogen-bond acceptors (Lipinski definition) is 9. The summed E-state index contributed by atoms with van der Waals surface area (Å²) in [6.45, 7) is -1.05. The lowest BCUT2D eigenvalue weighted by atomic mass is 10.00. The Morgan fingerprint density at radius 2 is 1.48 bits per heavy atom. The molecule has 0 bridgehead atoms. The minimum Gasteiger partial charge on any atom is -0.506 e. The lowest BCUT2D eigenvalue weighted by Gasteiger charge is -2.39. The first kappa shape index (κ1) is 21.5. The van der Waals surface area contributed by atoms with E-state index in [2.05, 4.69) is 9.97 Å². The van der Waals surface area contributed by atoms with Crippen molar-refractivity contribution < 1.29 is 30.3 Å². The molecule has 2 aromatic carbocycles. The third-order valence-electron chi connectivity index (χ3n) is 6.12. The van der Waals surface area contributed by atoms with Crippen LogP contribution < -0.4 is 0 Å². The van der Waals surface area contributed by atoms with Gasteiger partial charge >= 0.3 is 0 Å². The number of rotatable bonds is 5. The Labute approximate surface area is 188 Å². The van der Waals surface area contributed by atoms with E-state index < -0.39 is 31.2 Å². The Morgan fingerprint density at radius 3 is 2.12 bits per heavy atom. The van der Waals surface area contributed by atoms with Gasteiger partial charge in [0.25, 0.3) is 0 Å². The first-order valence-corrected chi connectivity index (χ1v) is 10.4. The van der Waals surface area contributed by atoms with E-state index in [1.807, 2.05) is 6.07 Å². The van der Waals surface area contributed by atoms with Crippen molar-refractivity contribution in [3.8, 4) is 11.5 Å². The SMILES string of the molecule is OCC1(CO)CO[C@@H](c2ccc3cccc(O)c3n2)N1[C@H](O)c1ccc2cccc(O)c2n1. The zero-order valence-electron chi connectivity index (χ0n) is 17.5. The number of phenols is 2. The molecule has 1 fully saturated rings. The van der Waals surface area contributed by atoms with E-state index in [4.69, 9.17) is 4.74 Å². The summed E-state index contributed by atoms with van der Waals surface area (Å²) in [7, 11) is 0. The van der Waals surface area contributed by atoms with Crippen LogP contribution in [0.3, 0.4) is 0 Å². The zero-order chi connectivity index (χ0) is 23.2. The van der Waals surface area contributed by atoms with Gasteiger partial charge < -0.3 is 30.3 Å². The summed E-state index contributed by atoms with van der Waals surface area (Å²) < 4.78 is 5.92. The first-order valence-electron chi connectivity index (χ1n) is 10.4. The highest BCUT2D eigenvalue weighted by Crippen LogP contribution is 2.42. The van der Waals surface area contributed by atoms with Gasteiger partial charge in [0.15, 0.2) is 12.5 Å². The molecule has 5 N–H and O–H groups in total. The number of aliphatic hydroxyl groups is 3. The van der Waals surface area contributed by atoms with E-state index in [9.17, 15) is 25.5 Å². The quantitative estimate of drug-likeness (QED) is 0.309. The van der Waals surface area contributed by atoms with Crippen molar-refractivity contribution in [1.29, 1.82) is 0 Å². The molecule has 0 spiro atoms. The number of benzene rings is 2. The van der Waals surface area contributed by atoms with Crippen molar-refractivity contribution in [3.63, 3.8) is 0 Å². The highest BCUT2D eigenvalue weighted by atomic mass is 16.5. The maximum Gasteiger partial charge on any atom is 0.156 e. The molecule has 3 heterocycles. The smallest absolute Gasteiger partial charge is 0.156 e. The molecule has 5 rings (SSSR count). The van der Waals surface area contributed by atoms with E-state index >= 15 is 0 Å². The van der Waals surface area contributed by atoms with E-state index in [-0.39, 0.29) is 23.8 Å². The van der Waals surface area contributed by atoms with Crippen LogP contribution in [0.2, 0.25) is 0 Å². The summed E-state index contributed by atoms with van der Waals surface area (Å²) in [4.78, 5) is 10.4. The van der Waals surface area contributed by atoms with Gasteiger partial charge in [-0.1, -0.05) is 36.4 Å². The van der Waals surface area contributed by atoms with Crippen LogP contribution in [-0.4, -0.2) is 65.8 Å². The fraction of sp³-hybridized carbons (Fsp3) is 0.250. The van der Waals surface area contributed by atoms with Gasteiger partial charge in [-0.05, 0) is 24.3 Å². The largest absolute Gasteiger partial charge is 0.506 e. The third kappa shape index (κ3) is 3.47. The van der Waals surface area contributed by atoms with Crippen LogP contribution in [0.5, 0.6) is 11.5 Å². The molecule has 9 heteroatoms. The molecule has 0 radical (unpaired) electrons. The summed E-state index contributed by atoms with van der Waals surface area (Å²) >= 11 is 0. The Morgan fingerprint density at radius 1 is 0.879 bits per heavy atom. The second-order valence-electron chi connectivity index (χ2n) is 8.15. The fourth-order valence-electron chi connectivity index (χ4n) is 4.27. The lowest BCUT2D eigenvalue weighted by molar-refractivity contribution is -0.123. The number of hydrogen-bond donors (Lipinski definition) is 5. The number of aromatic hydroxyl groups is 2. The molecule has 0 amide bonds. The number of pyridine rings is 2. The average molecular weight is 449 g/mol. The van der Waals surface area contributed by atoms with Gasteiger partial charge in [-0.15, -0.1) is 0 Å². The van der Waals surface area contributed by atoms with Gasteiger partial charge in [0, 0.05) is 10.8 Å². The van der Waals surface area contributed by atoms with Crippen molar-refractivity contribution in [2.75, 3.05) is 19.8 Å². The van der Waals surface area contributed by atoms with Gasteiger partial charge in [-0.3, -0.25) is 0 Å². The number of aliphatic hydroxyl groups excluding tert-OH is 3. The van der Waals surface area contributed by atoms with E-state index in [1.54, 1.807) is 42.5 Å². The van der Waals surface area contributed by atoms with Crippen molar-refractivity contribution >= 4 is 21.8 Å². The summed E-state index contributed by atoms with van der Waals surface area (Å²) in [6.07, 6.45) is -2.34. The van der Waals surface area contributed by atoms with Crippen molar-refractivity contribution in [1.82, 2.24) is 14.9 Å². The van der Waals surface area contributed by atoms with Crippen molar-refractivity contribution in [2.45, 2.75) is 18.0 Å². The molecule has 2 atom stereocenters. The van der Waals surface area contributed by atoms with Crippen molar-refractivity contribution in [2.24, 2.45) is 0 Å². The van der Waals surface area contributed by atoms with Gasteiger partial charge in [0.05, 0.1) is 36.7 Å². The highest BCUT2D eigenvalue weighted by molar-refractivity contribution is 5.85. The monoisotopic (exact) mass is 449 g/mol. The number of aromatic nitrogens is 2. The molecule has 1 aliphatic heterocycles. The van der Waals surface area contributed by atoms with Crippen LogP contribution in [-0.2, 0) is 4.74 Å². The third-order valence-corrected chi connectivity index (χ3v) is 6.12. The normalized spacial score (nSPS) is 19.3. The molecular formula is C24H23N3O6. The Kier molecular flexibility index (Phi) is 5.35. The van der Waals surface area contributed by atoms with Crippen LogP contribution in [0.15, 0.2) is 60.7 Å². The van der Waals surface area contributed by atoms with Crippen LogP contribution in [0.25, 0.3) is 21.8 Å². The van der Waals surface area contributed by atoms with Gasteiger partial charge in [0.2, 0.25) is 0 Å². The molecular weight excluding hydrogens is 426 g/mol. The Hall–Kier alpha value is -3.34. The second-order valence-corrected chi connectivity index (χ2v) is 8.15. The van der Waals surface area contributed by atoms with Gasteiger partial charge in [-0.2, -0.15) is 0 Å². The maximum absolute atomic E-state index is 11.4. The lowest BCUT2D eigenvalue weighted by Crippen LogP contribution is -2.54.